The lowest BCUT2D eigenvalue weighted by Crippen LogP contribution is -2.37. The highest BCUT2D eigenvalue weighted by Crippen LogP contribution is 2.35. The van der Waals surface area contributed by atoms with Crippen LogP contribution in [0.4, 0.5) is 11.4 Å². The second kappa shape index (κ2) is 9.07. The highest BCUT2D eigenvalue weighted by Gasteiger charge is 2.31. The van der Waals surface area contributed by atoms with Gasteiger partial charge in [-0.25, -0.2) is 0 Å². The zero-order valence-corrected chi connectivity index (χ0v) is 19.5. The summed E-state index contributed by atoms with van der Waals surface area (Å²) in [4.78, 5) is 14.7. The number of sulfonamides is 1. The number of carbonyl (C=O) groups is 1. The summed E-state index contributed by atoms with van der Waals surface area (Å²) in [6, 6.07) is 19.3. The average Bonchev–Trinajstić information content (AvgIpc) is 2.81. The van der Waals surface area contributed by atoms with Crippen LogP contribution >= 0.6 is 0 Å². The van der Waals surface area contributed by atoms with Crippen molar-refractivity contribution in [3.05, 3.63) is 83.4 Å². The van der Waals surface area contributed by atoms with Gasteiger partial charge in [-0.15, -0.1) is 4.40 Å². The molecule has 1 N–H and O–H groups in total. The highest BCUT2D eigenvalue weighted by molar-refractivity contribution is 7.90. The molecule has 0 spiro atoms. The van der Waals surface area contributed by atoms with Gasteiger partial charge in [0.05, 0.1) is 12.8 Å². The molecule has 1 amide bonds. The quantitative estimate of drug-likeness (QED) is 0.576. The fraction of sp³-hybridized carbons (Fsp3) is 0.200. The lowest BCUT2D eigenvalue weighted by atomic mass is 10.1. The summed E-state index contributed by atoms with van der Waals surface area (Å²) < 4.78 is 35.6. The molecular weight excluding hydrogens is 438 g/mol. The molecule has 1 heterocycles. The largest absolute Gasteiger partial charge is 0.497 e. The molecule has 0 fully saturated rings. The zero-order valence-electron chi connectivity index (χ0n) is 18.7. The number of aryl methyl sites for hydroxylation is 1. The van der Waals surface area contributed by atoms with Gasteiger partial charge >= 0.3 is 0 Å². The molecule has 33 heavy (non-hydrogen) atoms. The number of nitrogens with one attached hydrogen (secondary N) is 1. The number of nitrogens with zero attached hydrogens (tertiary/aromatic N) is 2. The number of amides is 1. The van der Waals surface area contributed by atoms with Crippen LogP contribution in [-0.4, -0.2) is 33.8 Å². The van der Waals surface area contributed by atoms with Crippen molar-refractivity contribution in [3.8, 4) is 5.75 Å². The van der Waals surface area contributed by atoms with Crippen molar-refractivity contribution in [2.24, 2.45) is 4.40 Å². The van der Waals surface area contributed by atoms with E-state index < -0.39 is 10.0 Å². The van der Waals surface area contributed by atoms with Crippen LogP contribution in [0.5, 0.6) is 5.75 Å². The maximum absolute atomic E-state index is 13.1. The third-order valence-electron chi connectivity index (χ3n) is 5.43. The van der Waals surface area contributed by atoms with Crippen LogP contribution in [-0.2, 0) is 10.0 Å². The SMILES string of the molecule is CCCN1C(c2ccc(OC)cc2)=NS(=O)(=O)c2cc(NC(=O)c3ccccc3C)ccc21. The molecule has 0 radical (unpaired) electrons. The first-order chi connectivity index (χ1) is 15.8. The highest BCUT2D eigenvalue weighted by atomic mass is 32.2. The summed E-state index contributed by atoms with van der Waals surface area (Å²) in [6.45, 7) is 4.46. The Morgan fingerprint density at radius 3 is 2.45 bits per heavy atom. The number of amidine groups is 1. The third kappa shape index (κ3) is 4.47. The van der Waals surface area contributed by atoms with Gasteiger partial charge in [-0.1, -0.05) is 25.1 Å². The Morgan fingerprint density at radius 2 is 1.79 bits per heavy atom. The number of hydrogen-bond donors (Lipinski definition) is 1. The third-order valence-corrected chi connectivity index (χ3v) is 6.73. The molecule has 170 valence electrons. The Balaban J connectivity index is 1.72. The molecule has 3 aromatic rings. The predicted octanol–water partition coefficient (Wildman–Crippen LogP) is 4.62. The van der Waals surface area contributed by atoms with Crippen LogP contribution in [0, 0.1) is 6.92 Å². The van der Waals surface area contributed by atoms with Gasteiger partial charge in [-0.05, 0) is 67.4 Å². The number of benzene rings is 3. The summed E-state index contributed by atoms with van der Waals surface area (Å²) in [5.74, 6) is 0.743. The lowest BCUT2D eigenvalue weighted by Gasteiger charge is -2.31. The molecule has 0 aliphatic carbocycles. The standard InChI is InChI=1S/C25H25N3O4S/c1-4-15-28-22-14-11-19(26-25(29)21-8-6-5-7-17(21)2)16-23(22)33(30,31)27-24(28)18-9-12-20(32-3)13-10-18/h5-14,16H,4,15H2,1-3H3,(H,26,29). The van der Waals surface area contributed by atoms with Gasteiger partial charge in [-0.3, -0.25) is 4.79 Å². The minimum Gasteiger partial charge on any atom is -0.497 e. The van der Waals surface area contributed by atoms with Gasteiger partial charge < -0.3 is 15.0 Å². The fourth-order valence-corrected chi connectivity index (χ4v) is 5.02. The van der Waals surface area contributed by atoms with Crippen LogP contribution in [0.15, 0.2) is 76.0 Å². The van der Waals surface area contributed by atoms with Crippen molar-refractivity contribution in [1.29, 1.82) is 0 Å². The van der Waals surface area contributed by atoms with Crippen LogP contribution in [0.25, 0.3) is 0 Å². The summed E-state index contributed by atoms with van der Waals surface area (Å²) in [5, 5.41) is 2.81. The normalized spacial score (nSPS) is 14.3. The smallest absolute Gasteiger partial charge is 0.286 e. The first kappa shape index (κ1) is 22.5. The van der Waals surface area contributed by atoms with Gasteiger partial charge in [-0.2, -0.15) is 8.42 Å². The van der Waals surface area contributed by atoms with E-state index in [4.69, 9.17) is 4.74 Å². The maximum atomic E-state index is 13.1. The topological polar surface area (TPSA) is 88.1 Å². The van der Waals surface area contributed by atoms with Gasteiger partial charge in [0.25, 0.3) is 15.9 Å². The monoisotopic (exact) mass is 463 g/mol. The molecule has 4 rings (SSSR count). The molecule has 0 bridgehead atoms. The van der Waals surface area contributed by atoms with Crippen molar-refractivity contribution >= 4 is 33.1 Å². The summed E-state index contributed by atoms with van der Waals surface area (Å²) in [6.07, 6.45) is 0.792. The van der Waals surface area contributed by atoms with Crippen LogP contribution in [0.1, 0.15) is 34.8 Å². The van der Waals surface area contributed by atoms with E-state index in [9.17, 15) is 13.2 Å². The Bertz CT molecular complexity index is 1330. The maximum Gasteiger partial charge on any atom is 0.286 e. The Labute approximate surface area is 193 Å². The first-order valence-corrected chi connectivity index (χ1v) is 12.1. The van der Waals surface area contributed by atoms with E-state index in [0.29, 0.717) is 40.6 Å². The molecule has 8 heteroatoms. The van der Waals surface area contributed by atoms with E-state index in [0.717, 1.165) is 12.0 Å². The van der Waals surface area contributed by atoms with E-state index >= 15 is 0 Å². The fourth-order valence-electron chi connectivity index (χ4n) is 3.77. The Kier molecular flexibility index (Phi) is 6.20. The van der Waals surface area contributed by atoms with Crippen molar-refractivity contribution in [2.75, 3.05) is 23.9 Å². The van der Waals surface area contributed by atoms with Gasteiger partial charge in [0.1, 0.15) is 10.6 Å². The minimum atomic E-state index is -3.97. The van der Waals surface area contributed by atoms with Gasteiger partial charge in [0.2, 0.25) is 0 Å². The molecule has 1 aliphatic rings. The summed E-state index contributed by atoms with van der Waals surface area (Å²) in [5.41, 5.74) is 2.97. The van der Waals surface area contributed by atoms with Crippen LogP contribution in [0.2, 0.25) is 0 Å². The number of hydrogen-bond acceptors (Lipinski definition) is 5. The molecule has 0 aromatic heterocycles. The van der Waals surface area contributed by atoms with Crippen molar-refractivity contribution in [3.63, 3.8) is 0 Å². The number of carbonyl (C=O) groups excluding carboxylic acids is 1. The number of ether oxygens (including phenoxy) is 1. The number of anilines is 2. The molecule has 0 atom stereocenters. The molecule has 0 saturated heterocycles. The predicted molar refractivity (Wildman–Crippen MR) is 130 cm³/mol. The van der Waals surface area contributed by atoms with Crippen molar-refractivity contribution in [1.82, 2.24) is 0 Å². The summed E-state index contributed by atoms with van der Waals surface area (Å²) in [7, 11) is -2.40. The Morgan fingerprint density at radius 1 is 1.06 bits per heavy atom. The Hall–Kier alpha value is -3.65. The lowest BCUT2D eigenvalue weighted by molar-refractivity contribution is 0.102. The average molecular weight is 464 g/mol. The van der Waals surface area contributed by atoms with E-state index in [1.165, 1.54) is 6.07 Å². The number of rotatable bonds is 6. The molecule has 1 aliphatic heterocycles. The second-order valence-corrected chi connectivity index (χ2v) is 9.29. The zero-order chi connectivity index (χ0) is 23.6. The van der Waals surface area contributed by atoms with E-state index in [1.807, 2.05) is 30.9 Å². The summed E-state index contributed by atoms with van der Waals surface area (Å²) >= 11 is 0. The van der Waals surface area contributed by atoms with E-state index in [2.05, 4.69) is 9.71 Å². The van der Waals surface area contributed by atoms with Crippen molar-refractivity contribution < 1.29 is 17.9 Å². The molecule has 0 saturated carbocycles. The van der Waals surface area contributed by atoms with Gasteiger partial charge in [0.15, 0.2) is 5.84 Å². The van der Waals surface area contributed by atoms with Crippen molar-refractivity contribution in [2.45, 2.75) is 25.2 Å². The van der Waals surface area contributed by atoms with E-state index in [-0.39, 0.29) is 10.8 Å². The minimum absolute atomic E-state index is 0.0656. The van der Waals surface area contributed by atoms with Crippen LogP contribution in [0.3, 0.4) is 0 Å². The van der Waals surface area contributed by atoms with Crippen LogP contribution < -0.4 is 15.0 Å². The van der Waals surface area contributed by atoms with Gasteiger partial charge in [0, 0.05) is 23.4 Å². The number of fused-ring (bicyclic) bond motifs is 1. The first-order valence-electron chi connectivity index (χ1n) is 10.6. The molecular formula is C25H25N3O4S. The molecule has 7 nitrogen and oxygen atoms in total. The number of methoxy groups -OCH3 is 1. The molecule has 3 aromatic carbocycles. The van der Waals surface area contributed by atoms with E-state index in [1.54, 1.807) is 55.6 Å². The second-order valence-electron chi connectivity index (χ2n) is 7.72. The molecule has 0 unspecified atom stereocenters.